The molecule has 0 radical (unpaired) electrons. The van der Waals surface area contributed by atoms with Gasteiger partial charge in [-0.15, -0.1) is 0 Å². The highest BCUT2D eigenvalue weighted by molar-refractivity contribution is 14.1. The fourth-order valence-corrected chi connectivity index (χ4v) is 2.24. The van der Waals surface area contributed by atoms with E-state index in [1.165, 1.54) is 12.0 Å². The minimum absolute atomic E-state index is 0.227. The van der Waals surface area contributed by atoms with Crippen LogP contribution in [0.3, 0.4) is 0 Å². The van der Waals surface area contributed by atoms with Crippen LogP contribution >= 0.6 is 22.6 Å². The molecule has 4 nitrogen and oxygen atoms in total. The number of hydrogen-bond donors (Lipinski definition) is 1. The van der Waals surface area contributed by atoms with E-state index in [2.05, 4.69) is 45.0 Å². The van der Waals surface area contributed by atoms with Gasteiger partial charge >= 0.3 is 0 Å². The van der Waals surface area contributed by atoms with Gasteiger partial charge in [0.1, 0.15) is 17.2 Å². The Morgan fingerprint density at radius 2 is 2.00 bits per heavy atom. The zero-order chi connectivity index (χ0) is 15.1. The number of carbonyl (C=O) groups excluding carboxylic acids is 1. The summed E-state index contributed by atoms with van der Waals surface area (Å²) in [6, 6.07) is 11.4. The minimum atomic E-state index is -0.227. The number of nitrogens with one attached hydrogen (secondary N) is 1. The number of alkyl halides is 1. The standard InChI is InChI=1S/C16H17IN2O2/c1-18-16(20)15-11-14(8-10-19-15)21-13-6-4-12(5-7-13)3-2-9-17/h4-8,10-11H,2-3,9H2,1H3,(H,18,20). The van der Waals surface area contributed by atoms with Crippen LogP contribution in [0, 0.1) is 0 Å². The lowest BCUT2D eigenvalue weighted by atomic mass is 10.1. The summed E-state index contributed by atoms with van der Waals surface area (Å²) < 4.78 is 6.91. The molecule has 1 aromatic heterocycles. The van der Waals surface area contributed by atoms with Crippen molar-refractivity contribution in [1.29, 1.82) is 0 Å². The smallest absolute Gasteiger partial charge is 0.269 e. The Bertz CT molecular complexity index is 599. The van der Waals surface area contributed by atoms with E-state index >= 15 is 0 Å². The van der Waals surface area contributed by atoms with Crippen molar-refractivity contribution >= 4 is 28.5 Å². The maximum Gasteiger partial charge on any atom is 0.269 e. The predicted octanol–water partition coefficient (Wildman–Crippen LogP) is 3.60. The molecule has 0 aliphatic rings. The van der Waals surface area contributed by atoms with E-state index in [9.17, 15) is 4.79 Å². The van der Waals surface area contributed by atoms with Crippen molar-refractivity contribution in [2.24, 2.45) is 0 Å². The normalized spacial score (nSPS) is 10.2. The Kier molecular flexibility index (Phi) is 5.98. The van der Waals surface area contributed by atoms with Gasteiger partial charge in [-0.3, -0.25) is 9.78 Å². The van der Waals surface area contributed by atoms with E-state index in [-0.39, 0.29) is 5.91 Å². The number of nitrogens with zero attached hydrogens (tertiary/aromatic N) is 1. The molecule has 5 heteroatoms. The number of halogens is 1. The molecule has 1 N–H and O–H groups in total. The summed E-state index contributed by atoms with van der Waals surface area (Å²) in [5.74, 6) is 1.13. The molecule has 2 rings (SSSR count). The first-order chi connectivity index (χ1) is 10.2. The Hall–Kier alpha value is -1.63. The van der Waals surface area contributed by atoms with Crippen LogP contribution < -0.4 is 10.1 Å². The van der Waals surface area contributed by atoms with Crippen LogP contribution in [0.25, 0.3) is 0 Å². The van der Waals surface area contributed by atoms with Crippen LogP contribution in [0.1, 0.15) is 22.5 Å². The van der Waals surface area contributed by atoms with Gasteiger partial charge in [-0.05, 0) is 41.0 Å². The molecule has 2 aromatic rings. The zero-order valence-electron chi connectivity index (χ0n) is 11.8. The van der Waals surface area contributed by atoms with E-state index in [0.29, 0.717) is 11.4 Å². The fourth-order valence-electron chi connectivity index (χ4n) is 1.86. The maximum atomic E-state index is 11.5. The highest BCUT2D eigenvalue weighted by atomic mass is 127. The second-order valence-electron chi connectivity index (χ2n) is 4.49. The van der Waals surface area contributed by atoms with Crippen molar-refractivity contribution in [3.05, 3.63) is 53.9 Å². The summed E-state index contributed by atoms with van der Waals surface area (Å²) in [5, 5.41) is 2.54. The number of benzene rings is 1. The van der Waals surface area contributed by atoms with Gasteiger partial charge in [0.2, 0.25) is 0 Å². The van der Waals surface area contributed by atoms with Crippen molar-refractivity contribution in [3.63, 3.8) is 0 Å². The van der Waals surface area contributed by atoms with Gasteiger partial charge in [-0.1, -0.05) is 34.7 Å². The molecule has 1 amide bonds. The Morgan fingerprint density at radius 3 is 2.67 bits per heavy atom. The van der Waals surface area contributed by atoms with E-state index in [1.807, 2.05) is 12.1 Å². The van der Waals surface area contributed by atoms with E-state index in [4.69, 9.17) is 4.74 Å². The summed E-state index contributed by atoms with van der Waals surface area (Å²) in [5.41, 5.74) is 1.65. The average Bonchev–Trinajstić information content (AvgIpc) is 2.53. The predicted molar refractivity (Wildman–Crippen MR) is 91.4 cm³/mol. The Morgan fingerprint density at radius 1 is 1.24 bits per heavy atom. The molecule has 110 valence electrons. The third-order valence-electron chi connectivity index (χ3n) is 2.95. The number of pyridine rings is 1. The lowest BCUT2D eigenvalue weighted by Gasteiger charge is -2.07. The molecule has 0 atom stereocenters. The Labute approximate surface area is 138 Å². The van der Waals surface area contributed by atoms with Crippen LogP contribution in [0.15, 0.2) is 42.6 Å². The van der Waals surface area contributed by atoms with E-state index in [1.54, 1.807) is 25.4 Å². The summed E-state index contributed by atoms with van der Waals surface area (Å²) in [6.07, 6.45) is 3.83. The molecule has 0 unspecified atom stereocenters. The van der Waals surface area contributed by atoms with Crippen LogP contribution in [0.2, 0.25) is 0 Å². The molecule has 0 aliphatic carbocycles. The molecular weight excluding hydrogens is 379 g/mol. The molecule has 1 aromatic carbocycles. The van der Waals surface area contributed by atoms with Gasteiger partial charge in [0.15, 0.2) is 0 Å². The summed E-state index contributed by atoms with van der Waals surface area (Å²) in [7, 11) is 1.58. The maximum absolute atomic E-state index is 11.5. The number of ether oxygens (including phenoxy) is 1. The zero-order valence-corrected chi connectivity index (χ0v) is 14.0. The second kappa shape index (κ2) is 7.97. The minimum Gasteiger partial charge on any atom is -0.457 e. The highest BCUT2D eigenvalue weighted by Crippen LogP contribution is 2.22. The number of rotatable bonds is 6. The first-order valence-corrected chi connectivity index (χ1v) is 8.26. The lowest BCUT2D eigenvalue weighted by molar-refractivity contribution is 0.0958. The van der Waals surface area contributed by atoms with Crippen molar-refractivity contribution in [3.8, 4) is 11.5 Å². The molecule has 0 bridgehead atoms. The van der Waals surface area contributed by atoms with Crippen LogP contribution in [-0.2, 0) is 6.42 Å². The topological polar surface area (TPSA) is 51.2 Å². The second-order valence-corrected chi connectivity index (χ2v) is 5.57. The SMILES string of the molecule is CNC(=O)c1cc(Oc2ccc(CCCI)cc2)ccn1. The summed E-state index contributed by atoms with van der Waals surface area (Å²) >= 11 is 2.38. The molecule has 0 aliphatic heterocycles. The molecule has 0 saturated carbocycles. The van der Waals surface area contributed by atoms with Crippen molar-refractivity contribution in [2.45, 2.75) is 12.8 Å². The molecule has 0 saturated heterocycles. The highest BCUT2D eigenvalue weighted by Gasteiger charge is 2.06. The lowest BCUT2D eigenvalue weighted by Crippen LogP contribution is -2.18. The van der Waals surface area contributed by atoms with Gasteiger partial charge in [-0.2, -0.15) is 0 Å². The van der Waals surface area contributed by atoms with Gasteiger partial charge in [-0.25, -0.2) is 0 Å². The van der Waals surface area contributed by atoms with Gasteiger partial charge in [0.25, 0.3) is 5.91 Å². The third kappa shape index (κ3) is 4.70. The number of carbonyl (C=O) groups is 1. The fraction of sp³-hybridized carbons (Fsp3) is 0.250. The quantitative estimate of drug-likeness (QED) is 0.600. The van der Waals surface area contributed by atoms with Crippen LogP contribution in [0.4, 0.5) is 0 Å². The summed E-state index contributed by atoms with van der Waals surface area (Å²) in [4.78, 5) is 15.5. The van der Waals surface area contributed by atoms with Gasteiger partial charge in [0, 0.05) is 19.3 Å². The molecule has 1 heterocycles. The Balaban J connectivity index is 2.06. The molecule has 21 heavy (non-hydrogen) atoms. The van der Waals surface area contributed by atoms with Crippen molar-refractivity contribution in [1.82, 2.24) is 10.3 Å². The molecule has 0 fully saturated rings. The van der Waals surface area contributed by atoms with Crippen LogP contribution in [-0.4, -0.2) is 22.4 Å². The number of amides is 1. The number of hydrogen-bond acceptors (Lipinski definition) is 3. The van der Waals surface area contributed by atoms with Crippen LogP contribution in [0.5, 0.6) is 11.5 Å². The van der Waals surface area contributed by atoms with Gasteiger partial charge < -0.3 is 10.1 Å². The largest absolute Gasteiger partial charge is 0.457 e. The number of aromatic nitrogens is 1. The third-order valence-corrected chi connectivity index (χ3v) is 3.71. The first-order valence-electron chi connectivity index (χ1n) is 6.74. The summed E-state index contributed by atoms with van der Waals surface area (Å²) in [6.45, 7) is 0. The molecular formula is C16H17IN2O2. The number of aryl methyl sites for hydroxylation is 1. The average molecular weight is 396 g/mol. The van der Waals surface area contributed by atoms with Gasteiger partial charge in [0.05, 0.1) is 0 Å². The van der Waals surface area contributed by atoms with E-state index in [0.717, 1.165) is 16.6 Å². The monoisotopic (exact) mass is 396 g/mol. The first kappa shape index (κ1) is 15.8. The molecule has 0 spiro atoms. The van der Waals surface area contributed by atoms with E-state index < -0.39 is 0 Å². The van der Waals surface area contributed by atoms with Crippen molar-refractivity contribution in [2.75, 3.05) is 11.5 Å². The van der Waals surface area contributed by atoms with Crippen molar-refractivity contribution < 1.29 is 9.53 Å².